The molecule has 1 N–H and O–H groups in total. The van der Waals surface area contributed by atoms with Gasteiger partial charge in [0.2, 0.25) is 5.91 Å². The molecule has 0 fully saturated rings. The zero-order valence-electron chi connectivity index (χ0n) is 15.1. The van der Waals surface area contributed by atoms with E-state index in [0.29, 0.717) is 18.0 Å². The molecule has 0 radical (unpaired) electrons. The number of fused-ring (bicyclic) bond motifs is 1. The van der Waals surface area contributed by atoms with Crippen molar-refractivity contribution in [3.8, 4) is 11.5 Å². The Kier molecular flexibility index (Phi) is 5.40. The molecular weight excluding hydrogens is 348 g/mol. The summed E-state index contributed by atoms with van der Waals surface area (Å²) in [6.45, 7) is 4.43. The van der Waals surface area contributed by atoms with E-state index in [1.807, 2.05) is 26.0 Å². The van der Waals surface area contributed by atoms with E-state index in [0.717, 1.165) is 23.3 Å². The van der Waals surface area contributed by atoms with Gasteiger partial charge in [-0.3, -0.25) is 14.9 Å². The molecule has 1 aliphatic heterocycles. The van der Waals surface area contributed by atoms with Crippen LogP contribution in [0, 0.1) is 10.1 Å². The van der Waals surface area contributed by atoms with Crippen LogP contribution in [0.25, 0.3) is 6.08 Å². The number of nitro groups is 1. The van der Waals surface area contributed by atoms with Crippen molar-refractivity contribution in [2.24, 2.45) is 0 Å². The van der Waals surface area contributed by atoms with Gasteiger partial charge in [-0.25, -0.2) is 0 Å². The van der Waals surface area contributed by atoms with Crippen LogP contribution in [-0.2, 0) is 11.2 Å². The number of nitrogens with zero attached hydrogens (tertiary/aromatic N) is 1. The first-order valence-electron chi connectivity index (χ1n) is 8.66. The highest BCUT2D eigenvalue weighted by atomic mass is 16.6. The molecular formula is C20H20N2O5. The molecule has 0 saturated heterocycles. The number of benzene rings is 2. The van der Waals surface area contributed by atoms with Gasteiger partial charge in [-0.15, -0.1) is 0 Å². The Bertz CT molecular complexity index is 890. The monoisotopic (exact) mass is 368 g/mol. The van der Waals surface area contributed by atoms with E-state index in [-0.39, 0.29) is 17.7 Å². The van der Waals surface area contributed by atoms with Gasteiger partial charge in [0, 0.05) is 41.4 Å². The first-order chi connectivity index (χ1) is 13.0. The fraction of sp³-hybridized carbons (Fsp3) is 0.250. The number of ether oxygens (including phenoxy) is 2. The van der Waals surface area contributed by atoms with Crippen LogP contribution in [0.15, 0.2) is 42.5 Å². The summed E-state index contributed by atoms with van der Waals surface area (Å²) in [6.07, 6.45) is 4.02. The van der Waals surface area contributed by atoms with E-state index in [4.69, 9.17) is 9.47 Å². The molecule has 1 heterocycles. The smallest absolute Gasteiger partial charge is 0.269 e. The minimum absolute atomic E-state index is 0.0303. The number of carbonyl (C=O) groups is 1. The number of rotatable bonds is 6. The summed E-state index contributed by atoms with van der Waals surface area (Å²) in [5.41, 5.74) is 2.30. The van der Waals surface area contributed by atoms with E-state index < -0.39 is 4.92 Å². The van der Waals surface area contributed by atoms with Crippen molar-refractivity contribution in [3.63, 3.8) is 0 Å². The van der Waals surface area contributed by atoms with Gasteiger partial charge in [-0.1, -0.05) is 0 Å². The third kappa shape index (κ3) is 4.44. The number of nitro benzene ring substituents is 1. The quantitative estimate of drug-likeness (QED) is 0.473. The predicted octanol–water partition coefficient (Wildman–Crippen LogP) is 3.97. The summed E-state index contributed by atoms with van der Waals surface area (Å²) in [4.78, 5) is 22.3. The number of hydrogen-bond donors (Lipinski definition) is 1. The van der Waals surface area contributed by atoms with Crippen LogP contribution < -0.4 is 14.8 Å². The van der Waals surface area contributed by atoms with Crippen LogP contribution in [-0.4, -0.2) is 23.5 Å². The highest BCUT2D eigenvalue weighted by molar-refractivity contribution is 6.02. The molecule has 7 heteroatoms. The molecule has 1 unspecified atom stereocenters. The number of non-ortho nitro benzene ring substituents is 1. The third-order valence-corrected chi connectivity index (χ3v) is 4.09. The first-order valence-corrected chi connectivity index (χ1v) is 8.66. The SMILES string of the molecule is CCOc1cc2c(cc1/C=C/C(=O)Nc1ccc([N+](=O)[O-])cc1)OC(C)C2. The molecule has 140 valence electrons. The number of amides is 1. The fourth-order valence-corrected chi connectivity index (χ4v) is 2.88. The van der Waals surface area contributed by atoms with Gasteiger partial charge in [0.05, 0.1) is 11.5 Å². The lowest BCUT2D eigenvalue weighted by Crippen LogP contribution is -2.07. The standard InChI is InChI=1S/C20H20N2O5/c1-3-26-18-12-15-10-13(2)27-19(15)11-14(18)4-9-20(23)21-16-5-7-17(8-6-16)22(24)25/h4-9,11-13H,3,10H2,1-2H3,(H,21,23)/b9-4+. The summed E-state index contributed by atoms with van der Waals surface area (Å²) in [5.74, 6) is 1.16. The van der Waals surface area contributed by atoms with Gasteiger partial charge in [0.25, 0.3) is 5.69 Å². The number of anilines is 1. The average Bonchev–Trinajstić information content (AvgIpc) is 2.99. The van der Waals surface area contributed by atoms with Gasteiger partial charge in [-0.2, -0.15) is 0 Å². The van der Waals surface area contributed by atoms with Gasteiger partial charge < -0.3 is 14.8 Å². The molecule has 2 aromatic rings. The molecule has 0 spiro atoms. The lowest BCUT2D eigenvalue weighted by molar-refractivity contribution is -0.384. The number of hydrogen-bond acceptors (Lipinski definition) is 5. The summed E-state index contributed by atoms with van der Waals surface area (Å²) >= 11 is 0. The van der Waals surface area contributed by atoms with Crippen LogP contribution in [0.3, 0.4) is 0 Å². The third-order valence-electron chi connectivity index (χ3n) is 4.09. The molecule has 0 aromatic heterocycles. The van der Waals surface area contributed by atoms with Crippen LogP contribution >= 0.6 is 0 Å². The fourth-order valence-electron chi connectivity index (χ4n) is 2.88. The largest absolute Gasteiger partial charge is 0.493 e. The molecule has 0 bridgehead atoms. The summed E-state index contributed by atoms with van der Waals surface area (Å²) < 4.78 is 11.4. The molecule has 1 amide bonds. The van der Waals surface area contributed by atoms with E-state index in [2.05, 4.69) is 5.32 Å². The van der Waals surface area contributed by atoms with E-state index in [1.54, 1.807) is 6.08 Å². The van der Waals surface area contributed by atoms with Gasteiger partial charge in [-0.05, 0) is 44.2 Å². The van der Waals surface area contributed by atoms with Crippen LogP contribution in [0.4, 0.5) is 11.4 Å². The van der Waals surface area contributed by atoms with Crippen LogP contribution in [0.2, 0.25) is 0 Å². The highest BCUT2D eigenvalue weighted by Gasteiger charge is 2.21. The summed E-state index contributed by atoms with van der Waals surface area (Å²) in [6, 6.07) is 9.48. The zero-order valence-corrected chi connectivity index (χ0v) is 15.1. The molecule has 0 aliphatic carbocycles. The maximum atomic E-state index is 12.2. The molecule has 1 atom stereocenters. The second kappa shape index (κ2) is 7.90. The average molecular weight is 368 g/mol. The van der Waals surface area contributed by atoms with E-state index in [9.17, 15) is 14.9 Å². The van der Waals surface area contributed by atoms with Gasteiger partial charge in [0.15, 0.2) is 0 Å². The van der Waals surface area contributed by atoms with Crippen molar-refractivity contribution in [3.05, 3.63) is 63.7 Å². The minimum Gasteiger partial charge on any atom is -0.493 e. The number of nitrogens with one attached hydrogen (secondary N) is 1. The van der Waals surface area contributed by atoms with Gasteiger partial charge >= 0.3 is 0 Å². The zero-order chi connectivity index (χ0) is 19.4. The lowest BCUT2D eigenvalue weighted by atomic mass is 10.1. The van der Waals surface area contributed by atoms with E-state index >= 15 is 0 Å². The molecule has 0 saturated carbocycles. The van der Waals surface area contributed by atoms with Crippen molar-refractivity contribution in [2.45, 2.75) is 26.4 Å². The Hall–Kier alpha value is -3.35. The normalized spacial score (nSPS) is 15.3. The van der Waals surface area contributed by atoms with Crippen molar-refractivity contribution >= 4 is 23.4 Å². The maximum absolute atomic E-state index is 12.2. The van der Waals surface area contributed by atoms with Crippen LogP contribution in [0.5, 0.6) is 11.5 Å². The minimum atomic E-state index is -0.489. The Morgan fingerprint density at radius 3 is 2.78 bits per heavy atom. The van der Waals surface area contributed by atoms with Crippen LogP contribution in [0.1, 0.15) is 25.0 Å². The van der Waals surface area contributed by atoms with E-state index in [1.165, 1.54) is 30.3 Å². The Morgan fingerprint density at radius 1 is 1.37 bits per heavy atom. The van der Waals surface area contributed by atoms with Gasteiger partial charge in [0.1, 0.15) is 17.6 Å². The number of carbonyl (C=O) groups excluding carboxylic acids is 1. The predicted molar refractivity (Wildman–Crippen MR) is 102 cm³/mol. The molecule has 7 nitrogen and oxygen atoms in total. The Balaban J connectivity index is 1.73. The summed E-state index contributed by atoms with van der Waals surface area (Å²) in [7, 11) is 0. The Labute approximate surface area is 156 Å². The lowest BCUT2D eigenvalue weighted by Gasteiger charge is -2.10. The highest BCUT2D eigenvalue weighted by Crippen LogP contribution is 2.35. The Morgan fingerprint density at radius 2 is 2.11 bits per heavy atom. The second-order valence-corrected chi connectivity index (χ2v) is 6.19. The van der Waals surface area contributed by atoms with Crippen molar-refractivity contribution < 1.29 is 19.2 Å². The first kappa shape index (κ1) is 18.4. The topological polar surface area (TPSA) is 90.7 Å². The van der Waals surface area contributed by atoms with Crippen molar-refractivity contribution in [2.75, 3.05) is 11.9 Å². The maximum Gasteiger partial charge on any atom is 0.269 e. The molecule has 1 aliphatic rings. The molecule has 27 heavy (non-hydrogen) atoms. The molecule has 3 rings (SSSR count). The van der Waals surface area contributed by atoms with Crippen molar-refractivity contribution in [1.82, 2.24) is 0 Å². The second-order valence-electron chi connectivity index (χ2n) is 6.19. The molecule has 2 aromatic carbocycles. The summed E-state index contributed by atoms with van der Waals surface area (Å²) in [5, 5.41) is 13.3. The van der Waals surface area contributed by atoms with Crippen molar-refractivity contribution in [1.29, 1.82) is 0 Å².